The standard InChI is InChI=1S/C18H16ClNO3/c19-15-3-1-2-14-17(22)13-5-4-12(8-16(13)23-18(14)15)20-7-6-11(9-20)10-21/h1-5,8,11,21H,6-7,9-10H2. The molecule has 0 bridgehead atoms. The fraction of sp³-hybridized carbons (Fsp3) is 0.278. The van der Waals surface area contributed by atoms with E-state index in [2.05, 4.69) is 4.90 Å². The van der Waals surface area contributed by atoms with Crippen LogP contribution in [-0.2, 0) is 0 Å². The number of halogens is 1. The molecule has 0 radical (unpaired) electrons. The van der Waals surface area contributed by atoms with Crippen molar-refractivity contribution in [2.45, 2.75) is 6.42 Å². The SMILES string of the molecule is O=c1c2ccc(N3CCC(CO)C3)cc2oc2c(Cl)cccc12. The van der Waals surface area contributed by atoms with Crippen LogP contribution >= 0.6 is 11.6 Å². The van der Waals surface area contributed by atoms with Crippen LogP contribution < -0.4 is 10.3 Å². The molecule has 1 saturated heterocycles. The number of rotatable bonds is 2. The lowest BCUT2D eigenvalue weighted by Crippen LogP contribution is -2.20. The van der Waals surface area contributed by atoms with Crippen LogP contribution in [0.1, 0.15) is 6.42 Å². The summed E-state index contributed by atoms with van der Waals surface area (Å²) in [5.74, 6) is 0.309. The number of nitrogens with zero attached hydrogens (tertiary/aromatic N) is 1. The topological polar surface area (TPSA) is 53.7 Å². The van der Waals surface area contributed by atoms with Gasteiger partial charge in [0.25, 0.3) is 0 Å². The van der Waals surface area contributed by atoms with Crippen LogP contribution in [0.3, 0.4) is 0 Å². The summed E-state index contributed by atoms with van der Waals surface area (Å²) in [6.07, 6.45) is 0.974. The van der Waals surface area contributed by atoms with Gasteiger partial charge in [-0.1, -0.05) is 17.7 Å². The van der Waals surface area contributed by atoms with E-state index in [1.807, 2.05) is 18.2 Å². The van der Waals surface area contributed by atoms with Crippen LogP contribution in [0.5, 0.6) is 0 Å². The summed E-state index contributed by atoms with van der Waals surface area (Å²) in [6.45, 7) is 1.93. The highest BCUT2D eigenvalue weighted by Gasteiger charge is 2.22. The Labute approximate surface area is 137 Å². The lowest BCUT2D eigenvalue weighted by Gasteiger charge is -2.18. The monoisotopic (exact) mass is 329 g/mol. The molecule has 1 unspecified atom stereocenters. The molecule has 1 atom stereocenters. The minimum Gasteiger partial charge on any atom is -0.454 e. The highest BCUT2D eigenvalue weighted by Crippen LogP contribution is 2.29. The minimum absolute atomic E-state index is 0.0649. The Bertz CT molecular complexity index is 950. The fourth-order valence-corrected chi connectivity index (χ4v) is 3.46. The molecule has 2 aromatic carbocycles. The maximum atomic E-state index is 12.6. The average molecular weight is 330 g/mol. The first kappa shape index (κ1) is 14.5. The highest BCUT2D eigenvalue weighted by atomic mass is 35.5. The van der Waals surface area contributed by atoms with Gasteiger partial charge in [-0.2, -0.15) is 0 Å². The first-order valence-corrected chi connectivity index (χ1v) is 8.06. The van der Waals surface area contributed by atoms with Gasteiger partial charge in [0.1, 0.15) is 5.58 Å². The molecule has 0 amide bonds. The second kappa shape index (κ2) is 5.55. The number of anilines is 1. The van der Waals surface area contributed by atoms with E-state index in [4.69, 9.17) is 16.0 Å². The van der Waals surface area contributed by atoms with E-state index in [0.29, 0.717) is 32.9 Å². The first-order chi connectivity index (χ1) is 11.2. The summed E-state index contributed by atoms with van der Waals surface area (Å²) in [7, 11) is 0. The predicted octanol–water partition coefficient (Wildman–Crippen LogP) is 3.42. The molecule has 5 heteroatoms. The number of para-hydroxylation sites is 1. The fourth-order valence-electron chi connectivity index (χ4n) is 3.24. The first-order valence-electron chi connectivity index (χ1n) is 7.68. The van der Waals surface area contributed by atoms with Crippen LogP contribution in [0.2, 0.25) is 5.02 Å². The largest absolute Gasteiger partial charge is 0.454 e. The average Bonchev–Trinajstić information content (AvgIpc) is 3.05. The van der Waals surface area contributed by atoms with Crippen molar-refractivity contribution in [3.63, 3.8) is 0 Å². The highest BCUT2D eigenvalue weighted by molar-refractivity contribution is 6.34. The quantitative estimate of drug-likeness (QED) is 0.732. The van der Waals surface area contributed by atoms with Gasteiger partial charge in [-0.15, -0.1) is 0 Å². The molecule has 1 aliphatic heterocycles. The summed E-state index contributed by atoms with van der Waals surface area (Å²) in [5.41, 5.74) is 1.91. The smallest absolute Gasteiger partial charge is 0.200 e. The Balaban J connectivity index is 1.87. The van der Waals surface area contributed by atoms with Gasteiger partial charge in [0.15, 0.2) is 5.58 Å². The molecular formula is C18H16ClNO3. The number of aliphatic hydroxyl groups excluding tert-OH is 1. The molecule has 0 saturated carbocycles. The number of hydrogen-bond acceptors (Lipinski definition) is 4. The molecule has 4 rings (SSSR count). The second-order valence-electron chi connectivity index (χ2n) is 6.01. The molecule has 0 spiro atoms. The Kier molecular flexibility index (Phi) is 3.51. The molecule has 1 N–H and O–H groups in total. The van der Waals surface area contributed by atoms with E-state index in [0.717, 1.165) is 25.2 Å². The number of aliphatic hydroxyl groups is 1. The minimum atomic E-state index is -0.0649. The van der Waals surface area contributed by atoms with Crippen molar-refractivity contribution in [2.75, 3.05) is 24.6 Å². The van der Waals surface area contributed by atoms with Gasteiger partial charge in [-0.3, -0.25) is 4.79 Å². The van der Waals surface area contributed by atoms with E-state index in [-0.39, 0.29) is 12.0 Å². The number of fused-ring (bicyclic) bond motifs is 2. The van der Waals surface area contributed by atoms with Crippen molar-refractivity contribution in [3.8, 4) is 0 Å². The third kappa shape index (κ3) is 2.38. The summed E-state index contributed by atoms with van der Waals surface area (Å²) in [6, 6.07) is 10.8. The second-order valence-corrected chi connectivity index (χ2v) is 6.42. The zero-order valence-electron chi connectivity index (χ0n) is 12.5. The van der Waals surface area contributed by atoms with E-state index >= 15 is 0 Å². The van der Waals surface area contributed by atoms with Gasteiger partial charge in [-0.05, 0) is 30.7 Å². The zero-order chi connectivity index (χ0) is 16.0. The van der Waals surface area contributed by atoms with Crippen molar-refractivity contribution in [3.05, 3.63) is 51.6 Å². The van der Waals surface area contributed by atoms with Crippen molar-refractivity contribution in [2.24, 2.45) is 5.92 Å². The van der Waals surface area contributed by atoms with Crippen LogP contribution in [0.4, 0.5) is 5.69 Å². The van der Waals surface area contributed by atoms with E-state index in [1.54, 1.807) is 18.2 Å². The van der Waals surface area contributed by atoms with Crippen molar-refractivity contribution >= 4 is 39.2 Å². The molecular weight excluding hydrogens is 314 g/mol. The van der Waals surface area contributed by atoms with E-state index in [9.17, 15) is 9.90 Å². The molecule has 23 heavy (non-hydrogen) atoms. The molecule has 4 nitrogen and oxygen atoms in total. The summed E-state index contributed by atoms with van der Waals surface area (Å²) in [4.78, 5) is 14.8. The third-order valence-corrected chi connectivity index (χ3v) is 4.84. The Hall–Kier alpha value is -2.04. The van der Waals surface area contributed by atoms with Crippen molar-refractivity contribution in [1.82, 2.24) is 0 Å². The molecule has 3 aromatic rings. The van der Waals surface area contributed by atoms with Gasteiger partial charge in [0.2, 0.25) is 5.43 Å². The van der Waals surface area contributed by atoms with Crippen molar-refractivity contribution < 1.29 is 9.52 Å². The van der Waals surface area contributed by atoms with Crippen LogP contribution in [0, 0.1) is 5.92 Å². The summed E-state index contributed by atoms with van der Waals surface area (Å²) in [5, 5.41) is 10.8. The summed E-state index contributed by atoms with van der Waals surface area (Å²) >= 11 is 6.16. The normalized spacial score (nSPS) is 18.2. The zero-order valence-corrected chi connectivity index (χ0v) is 13.2. The van der Waals surface area contributed by atoms with Crippen molar-refractivity contribution in [1.29, 1.82) is 0 Å². The van der Waals surface area contributed by atoms with E-state index < -0.39 is 0 Å². The lowest BCUT2D eigenvalue weighted by atomic mass is 10.1. The molecule has 0 aliphatic carbocycles. The van der Waals surface area contributed by atoms with Crippen LogP contribution in [-0.4, -0.2) is 24.8 Å². The molecule has 1 fully saturated rings. The Morgan fingerprint density at radius 1 is 1.26 bits per heavy atom. The van der Waals surface area contributed by atoms with Gasteiger partial charge >= 0.3 is 0 Å². The molecule has 1 aliphatic rings. The van der Waals surface area contributed by atoms with Crippen LogP contribution in [0.15, 0.2) is 45.6 Å². The Morgan fingerprint density at radius 2 is 2.13 bits per heavy atom. The van der Waals surface area contributed by atoms with Gasteiger partial charge < -0.3 is 14.4 Å². The predicted molar refractivity (Wildman–Crippen MR) is 92.4 cm³/mol. The summed E-state index contributed by atoms with van der Waals surface area (Å²) < 4.78 is 5.90. The molecule has 1 aromatic heterocycles. The number of hydrogen-bond donors (Lipinski definition) is 1. The lowest BCUT2D eigenvalue weighted by molar-refractivity contribution is 0.238. The maximum Gasteiger partial charge on any atom is 0.200 e. The maximum absolute atomic E-state index is 12.6. The Morgan fingerprint density at radius 3 is 2.91 bits per heavy atom. The van der Waals surface area contributed by atoms with Gasteiger partial charge in [0.05, 0.1) is 15.8 Å². The third-order valence-electron chi connectivity index (χ3n) is 4.54. The van der Waals surface area contributed by atoms with Gasteiger partial charge in [0, 0.05) is 37.4 Å². The van der Waals surface area contributed by atoms with Gasteiger partial charge in [-0.25, -0.2) is 0 Å². The molecule has 118 valence electrons. The van der Waals surface area contributed by atoms with Crippen LogP contribution in [0.25, 0.3) is 21.9 Å². The van der Waals surface area contributed by atoms with E-state index in [1.165, 1.54) is 0 Å². The molecule has 2 heterocycles. The number of benzene rings is 2.